The van der Waals surface area contributed by atoms with Crippen molar-refractivity contribution in [2.75, 3.05) is 0 Å². The summed E-state index contributed by atoms with van der Waals surface area (Å²) in [6, 6.07) is 5.79. The predicted molar refractivity (Wildman–Crippen MR) is 67.5 cm³/mol. The molecule has 1 aromatic heterocycles. The summed E-state index contributed by atoms with van der Waals surface area (Å²) < 4.78 is 1.17. The Morgan fingerprint density at radius 3 is 2.94 bits per heavy atom. The van der Waals surface area contributed by atoms with Crippen LogP contribution in [-0.2, 0) is 11.2 Å². The van der Waals surface area contributed by atoms with Crippen molar-refractivity contribution in [1.82, 2.24) is 0 Å². The van der Waals surface area contributed by atoms with Gasteiger partial charge in [0.25, 0.3) is 0 Å². The minimum atomic E-state index is -0.755. The van der Waals surface area contributed by atoms with Crippen LogP contribution in [0.25, 0.3) is 10.1 Å². The van der Waals surface area contributed by atoms with Crippen molar-refractivity contribution >= 4 is 39.0 Å². The van der Waals surface area contributed by atoms with Crippen LogP contribution in [0, 0.1) is 6.92 Å². The van der Waals surface area contributed by atoms with E-state index in [0.717, 1.165) is 20.8 Å². The van der Waals surface area contributed by atoms with Crippen LogP contribution in [0.3, 0.4) is 0 Å². The zero-order valence-electron chi connectivity index (χ0n) is 8.79. The second-order valence-electron chi connectivity index (χ2n) is 3.68. The average Bonchev–Trinajstić information content (AvgIpc) is 2.53. The van der Waals surface area contributed by atoms with E-state index >= 15 is 0 Å². The van der Waals surface area contributed by atoms with E-state index in [1.807, 2.05) is 25.1 Å². The first-order chi connectivity index (χ1) is 7.58. The van der Waals surface area contributed by atoms with Crippen LogP contribution in [0.1, 0.15) is 16.9 Å². The van der Waals surface area contributed by atoms with Gasteiger partial charge >= 0.3 is 5.97 Å². The third-order valence-corrected chi connectivity index (χ3v) is 4.13. The lowest BCUT2D eigenvalue weighted by molar-refractivity contribution is -0.136. The number of carboxylic acid groups (broad SMARTS) is 1. The highest BCUT2D eigenvalue weighted by Crippen LogP contribution is 2.33. The molecule has 1 aromatic carbocycles. The van der Waals surface area contributed by atoms with Crippen LogP contribution in [0.4, 0.5) is 0 Å². The molecule has 0 unspecified atom stereocenters. The summed E-state index contributed by atoms with van der Waals surface area (Å²) in [5, 5.41) is 10.5. The number of aryl methyl sites for hydroxylation is 2. The molecule has 0 bridgehead atoms. The second-order valence-corrected chi connectivity index (χ2v) is 5.26. The molecule has 2 rings (SSSR count). The van der Waals surface area contributed by atoms with Gasteiger partial charge in [-0.1, -0.05) is 11.6 Å². The lowest BCUT2D eigenvalue weighted by Crippen LogP contribution is -1.96. The van der Waals surface area contributed by atoms with Crippen molar-refractivity contribution in [3.63, 3.8) is 0 Å². The summed E-state index contributed by atoms with van der Waals surface area (Å²) in [6.07, 6.45) is 0.777. The second kappa shape index (κ2) is 4.44. The fourth-order valence-corrected chi connectivity index (χ4v) is 3.07. The van der Waals surface area contributed by atoms with Crippen LogP contribution in [0.5, 0.6) is 0 Å². The number of carboxylic acids is 1. The summed E-state index contributed by atoms with van der Waals surface area (Å²) in [5.74, 6) is -0.755. The summed E-state index contributed by atoms with van der Waals surface area (Å²) >= 11 is 7.59. The van der Waals surface area contributed by atoms with Gasteiger partial charge in [-0.05, 0) is 42.5 Å². The van der Waals surface area contributed by atoms with Crippen molar-refractivity contribution in [1.29, 1.82) is 0 Å². The minimum absolute atomic E-state index is 0.182. The summed E-state index contributed by atoms with van der Waals surface area (Å²) in [6.45, 7) is 2.02. The molecule has 0 atom stereocenters. The first kappa shape index (κ1) is 11.4. The van der Waals surface area contributed by atoms with Crippen molar-refractivity contribution in [2.24, 2.45) is 0 Å². The molecule has 0 saturated carbocycles. The SMILES string of the molecule is Cc1c(CCC(=O)O)sc2ccc(Cl)cc12. The van der Waals surface area contributed by atoms with E-state index in [-0.39, 0.29) is 6.42 Å². The van der Waals surface area contributed by atoms with Gasteiger partial charge in [0, 0.05) is 14.6 Å². The molecule has 1 heterocycles. The Labute approximate surface area is 102 Å². The summed E-state index contributed by atoms with van der Waals surface area (Å²) in [4.78, 5) is 11.7. The number of aliphatic carboxylic acids is 1. The van der Waals surface area contributed by atoms with E-state index in [9.17, 15) is 4.79 Å². The number of hydrogen-bond acceptors (Lipinski definition) is 2. The van der Waals surface area contributed by atoms with Gasteiger partial charge in [0.15, 0.2) is 0 Å². The van der Waals surface area contributed by atoms with Gasteiger partial charge in [0.05, 0.1) is 6.42 Å². The molecule has 0 fully saturated rings. The molecular weight excluding hydrogens is 244 g/mol. The molecule has 2 nitrogen and oxygen atoms in total. The van der Waals surface area contributed by atoms with Crippen LogP contribution in [-0.4, -0.2) is 11.1 Å². The number of thiophene rings is 1. The molecule has 0 aliphatic heterocycles. The monoisotopic (exact) mass is 254 g/mol. The molecule has 1 N–H and O–H groups in total. The molecule has 4 heteroatoms. The molecule has 0 aliphatic rings. The van der Waals surface area contributed by atoms with Crippen LogP contribution >= 0.6 is 22.9 Å². The molecule has 0 saturated heterocycles. The predicted octanol–water partition coefficient (Wildman–Crippen LogP) is 3.88. The Kier molecular flexibility index (Phi) is 3.17. The summed E-state index contributed by atoms with van der Waals surface area (Å²) in [5.41, 5.74) is 1.16. The third kappa shape index (κ3) is 2.20. The van der Waals surface area contributed by atoms with E-state index < -0.39 is 5.97 Å². The molecule has 0 amide bonds. The van der Waals surface area contributed by atoms with Gasteiger partial charge in [-0.2, -0.15) is 0 Å². The minimum Gasteiger partial charge on any atom is -0.481 e. The Morgan fingerprint density at radius 1 is 1.50 bits per heavy atom. The highest BCUT2D eigenvalue weighted by atomic mass is 35.5. The zero-order chi connectivity index (χ0) is 11.7. The first-order valence-corrected chi connectivity index (χ1v) is 6.16. The lowest BCUT2D eigenvalue weighted by Gasteiger charge is -1.96. The van der Waals surface area contributed by atoms with E-state index in [1.165, 1.54) is 4.70 Å². The first-order valence-electron chi connectivity index (χ1n) is 4.97. The van der Waals surface area contributed by atoms with Crippen LogP contribution < -0.4 is 0 Å². The largest absolute Gasteiger partial charge is 0.481 e. The highest BCUT2D eigenvalue weighted by Gasteiger charge is 2.09. The maximum absolute atomic E-state index is 10.5. The maximum atomic E-state index is 10.5. The van der Waals surface area contributed by atoms with Crippen molar-refractivity contribution < 1.29 is 9.90 Å². The number of hydrogen-bond donors (Lipinski definition) is 1. The van der Waals surface area contributed by atoms with Gasteiger partial charge in [0.2, 0.25) is 0 Å². The van der Waals surface area contributed by atoms with Crippen LogP contribution in [0.15, 0.2) is 18.2 Å². The van der Waals surface area contributed by atoms with E-state index in [4.69, 9.17) is 16.7 Å². The molecule has 0 radical (unpaired) electrons. The number of rotatable bonds is 3. The smallest absolute Gasteiger partial charge is 0.303 e. The summed E-state index contributed by atoms with van der Waals surface area (Å²) in [7, 11) is 0. The van der Waals surface area contributed by atoms with Gasteiger partial charge in [-0.15, -0.1) is 11.3 Å². The maximum Gasteiger partial charge on any atom is 0.303 e. The standard InChI is InChI=1S/C12H11ClO2S/c1-7-9-6-8(13)2-3-11(9)16-10(7)4-5-12(14)15/h2-3,6H,4-5H2,1H3,(H,14,15). The fourth-order valence-electron chi connectivity index (χ4n) is 1.70. The number of carbonyl (C=O) groups is 1. The quantitative estimate of drug-likeness (QED) is 0.903. The average molecular weight is 255 g/mol. The van der Waals surface area contributed by atoms with Gasteiger partial charge in [0.1, 0.15) is 0 Å². The van der Waals surface area contributed by atoms with Gasteiger partial charge in [-0.3, -0.25) is 4.79 Å². The van der Waals surface area contributed by atoms with Crippen molar-refractivity contribution in [3.8, 4) is 0 Å². The number of halogens is 1. The van der Waals surface area contributed by atoms with E-state index in [1.54, 1.807) is 11.3 Å². The van der Waals surface area contributed by atoms with Crippen LogP contribution in [0.2, 0.25) is 5.02 Å². The van der Waals surface area contributed by atoms with E-state index in [2.05, 4.69) is 0 Å². The van der Waals surface area contributed by atoms with E-state index in [0.29, 0.717) is 6.42 Å². The zero-order valence-corrected chi connectivity index (χ0v) is 10.4. The molecule has 84 valence electrons. The van der Waals surface area contributed by atoms with Crippen molar-refractivity contribution in [3.05, 3.63) is 33.7 Å². The Hall–Kier alpha value is -1.06. The Bertz CT molecular complexity index is 545. The molecule has 0 spiro atoms. The Morgan fingerprint density at radius 2 is 2.25 bits per heavy atom. The normalized spacial score (nSPS) is 10.9. The highest BCUT2D eigenvalue weighted by molar-refractivity contribution is 7.19. The van der Waals surface area contributed by atoms with Gasteiger partial charge in [-0.25, -0.2) is 0 Å². The van der Waals surface area contributed by atoms with Crippen molar-refractivity contribution in [2.45, 2.75) is 19.8 Å². The molecule has 2 aromatic rings. The molecule has 16 heavy (non-hydrogen) atoms. The van der Waals surface area contributed by atoms with Gasteiger partial charge < -0.3 is 5.11 Å². The molecular formula is C12H11ClO2S. The topological polar surface area (TPSA) is 37.3 Å². The third-order valence-electron chi connectivity index (χ3n) is 2.56. The lowest BCUT2D eigenvalue weighted by atomic mass is 10.1. The number of fused-ring (bicyclic) bond motifs is 1. The fraction of sp³-hybridized carbons (Fsp3) is 0.250. The molecule has 0 aliphatic carbocycles. The number of benzene rings is 1. The Balaban J connectivity index is 2.40.